The molecule has 0 spiro atoms. The molecule has 0 fully saturated rings. The third kappa shape index (κ3) is 3.43. The van der Waals surface area contributed by atoms with E-state index in [4.69, 9.17) is 0 Å². The molecule has 1 aromatic carbocycles. The standard InChI is InChI=1S/C12H11FO2/c1-9-6-7-11(13)10(8-9)4-3-5-12(14)15-2/h6-8H,5H2,1-2H3. The Morgan fingerprint density at radius 3 is 2.93 bits per heavy atom. The molecule has 0 aromatic heterocycles. The molecule has 0 saturated carbocycles. The number of hydrogen-bond acceptors (Lipinski definition) is 2. The molecule has 0 saturated heterocycles. The lowest BCUT2D eigenvalue weighted by atomic mass is 10.1. The van der Waals surface area contributed by atoms with Gasteiger partial charge in [-0.1, -0.05) is 17.9 Å². The fourth-order valence-corrected chi connectivity index (χ4v) is 1.02. The van der Waals surface area contributed by atoms with Crippen molar-refractivity contribution in [2.75, 3.05) is 7.11 Å². The van der Waals surface area contributed by atoms with Gasteiger partial charge in [0.1, 0.15) is 12.2 Å². The van der Waals surface area contributed by atoms with E-state index in [0.717, 1.165) is 5.56 Å². The second-order valence-electron chi connectivity index (χ2n) is 3.04. The lowest BCUT2D eigenvalue weighted by molar-refractivity contribution is -0.139. The minimum atomic E-state index is -0.421. The van der Waals surface area contributed by atoms with Gasteiger partial charge in [-0.05, 0) is 24.6 Å². The van der Waals surface area contributed by atoms with Crippen molar-refractivity contribution < 1.29 is 13.9 Å². The van der Waals surface area contributed by atoms with E-state index < -0.39 is 5.97 Å². The zero-order chi connectivity index (χ0) is 11.3. The van der Waals surface area contributed by atoms with Crippen LogP contribution in [0.15, 0.2) is 18.2 Å². The molecular weight excluding hydrogens is 195 g/mol. The number of benzene rings is 1. The van der Waals surface area contributed by atoms with Crippen molar-refractivity contribution in [1.29, 1.82) is 0 Å². The number of halogens is 1. The molecule has 0 aliphatic rings. The number of ether oxygens (including phenoxy) is 1. The Morgan fingerprint density at radius 1 is 1.53 bits per heavy atom. The summed E-state index contributed by atoms with van der Waals surface area (Å²) in [5.74, 6) is 4.35. The third-order valence-electron chi connectivity index (χ3n) is 1.81. The van der Waals surface area contributed by atoms with E-state index in [1.807, 2.05) is 6.92 Å². The third-order valence-corrected chi connectivity index (χ3v) is 1.81. The number of aryl methyl sites for hydroxylation is 1. The van der Waals surface area contributed by atoms with Crippen molar-refractivity contribution in [2.24, 2.45) is 0 Å². The second-order valence-corrected chi connectivity index (χ2v) is 3.04. The molecule has 0 heterocycles. The lowest BCUT2D eigenvalue weighted by Crippen LogP contribution is -1.97. The average Bonchev–Trinajstić information content (AvgIpc) is 2.23. The zero-order valence-electron chi connectivity index (χ0n) is 8.63. The van der Waals surface area contributed by atoms with Gasteiger partial charge in [0.25, 0.3) is 0 Å². The summed E-state index contributed by atoms with van der Waals surface area (Å²) in [6.07, 6.45) is -0.0239. The summed E-state index contributed by atoms with van der Waals surface area (Å²) >= 11 is 0. The van der Waals surface area contributed by atoms with Crippen molar-refractivity contribution >= 4 is 5.97 Å². The lowest BCUT2D eigenvalue weighted by Gasteiger charge is -1.95. The Labute approximate surface area is 88.1 Å². The molecule has 3 heteroatoms. The summed E-state index contributed by atoms with van der Waals surface area (Å²) in [5.41, 5.74) is 1.23. The molecule has 2 nitrogen and oxygen atoms in total. The van der Waals surface area contributed by atoms with E-state index in [0.29, 0.717) is 5.56 Å². The van der Waals surface area contributed by atoms with E-state index in [9.17, 15) is 9.18 Å². The molecule has 0 N–H and O–H groups in total. The summed E-state index contributed by atoms with van der Waals surface area (Å²) in [4.78, 5) is 10.7. The Hall–Kier alpha value is -1.82. The highest BCUT2D eigenvalue weighted by Crippen LogP contribution is 2.08. The molecule has 0 amide bonds. The van der Waals surface area contributed by atoms with Crippen molar-refractivity contribution in [3.05, 3.63) is 35.1 Å². The monoisotopic (exact) mass is 206 g/mol. The van der Waals surface area contributed by atoms with Gasteiger partial charge in [0.15, 0.2) is 0 Å². The minimum Gasteiger partial charge on any atom is -0.468 e. The summed E-state index contributed by atoms with van der Waals surface area (Å²) < 4.78 is 17.6. The van der Waals surface area contributed by atoms with Crippen LogP contribution in [-0.2, 0) is 9.53 Å². The van der Waals surface area contributed by atoms with Gasteiger partial charge >= 0.3 is 5.97 Å². The first-order chi connectivity index (χ1) is 7.13. The van der Waals surface area contributed by atoms with Gasteiger partial charge in [0.05, 0.1) is 12.7 Å². The quantitative estimate of drug-likeness (QED) is 0.519. The number of hydrogen-bond donors (Lipinski definition) is 0. The van der Waals surface area contributed by atoms with Gasteiger partial charge in [0.2, 0.25) is 0 Å². The Kier molecular flexibility index (Phi) is 3.87. The highest BCUT2D eigenvalue weighted by molar-refractivity contribution is 5.72. The number of carbonyl (C=O) groups excluding carboxylic acids is 1. The van der Waals surface area contributed by atoms with Gasteiger partial charge in [0, 0.05) is 0 Å². The predicted octanol–water partition coefficient (Wildman–Crippen LogP) is 2.05. The maximum atomic E-state index is 13.2. The first-order valence-corrected chi connectivity index (χ1v) is 4.45. The summed E-state index contributed by atoms with van der Waals surface area (Å²) in [7, 11) is 1.29. The van der Waals surface area contributed by atoms with Crippen LogP contribution in [0.3, 0.4) is 0 Å². The molecule has 1 rings (SSSR count). The van der Waals surface area contributed by atoms with E-state index in [-0.39, 0.29) is 12.2 Å². The fourth-order valence-electron chi connectivity index (χ4n) is 1.02. The van der Waals surface area contributed by atoms with E-state index in [1.54, 1.807) is 12.1 Å². The highest BCUT2D eigenvalue weighted by Gasteiger charge is 1.98. The number of methoxy groups -OCH3 is 1. The van der Waals surface area contributed by atoms with Gasteiger partial charge in [-0.15, -0.1) is 0 Å². The number of carbonyl (C=O) groups is 1. The number of rotatable bonds is 1. The van der Waals surface area contributed by atoms with Crippen LogP contribution in [0.1, 0.15) is 17.5 Å². The van der Waals surface area contributed by atoms with E-state index in [1.165, 1.54) is 13.2 Å². The molecule has 0 radical (unpaired) electrons. The maximum absolute atomic E-state index is 13.2. The van der Waals surface area contributed by atoms with Crippen molar-refractivity contribution in [2.45, 2.75) is 13.3 Å². The molecule has 15 heavy (non-hydrogen) atoms. The largest absolute Gasteiger partial charge is 0.468 e. The van der Waals surface area contributed by atoms with Crippen molar-refractivity contribution in [3.8, 4) is 11.8 Å². The maximum Gasteiger partial charge on any atom is 0.317 e. The van der Waals surface area contributed by atoms with E-state index >= 15 is 0 Å². The number of esters is 1. The first-order valence-electron chi connectivity index (χ1n) is 4.45. The van der Waals surface area contributed by atoms with Gasteiger partial charge in [-0.3, -0.25) is 4.79 Å². The minimum absolute atomic E-state index is 0.0239. The van der Waals surface area contributed by atoms with Crippen LogP contribution in [0.25, 0.3) is 0 Å². The molecule has 0 aliphatic heterocycles. The average molecular weight is 206 g/mol. The van der Waals surface area contributed by atoms with Crippen molar-refractivity contribution in [3.63, 3.8) is 0 Å². The normalized spacial score (nSPS) is 9.00. The Balaban J connectivity index is 2.79. The Morgan fingerprint density at radius 2 is 2.27 bits per heavy atom. The summed E-state index contributed by atoms with van der Waals surface area (Å²) in [6.45, 7) is 1.85. The first kappa shape index (κ1) is 11.3. The van der Waals surface area contributed by atoms with Crippen LogP contribution in [0, 0.1) is 24.6 Å². The fraction of sp³-hybridized carbons (Fsp3) is 0.250. The highest BCUT2D eigenvalue weighted by atomic mass is 19.1. The van der Waals surface area contributed by atoms with Crippen LogP contribution in [0.5, 0.6) is 0 Å². The molecule has 0 unspecified atom stereocenters. The topological polar surface area (TPSA) is 26.3 Å². The van der Waals surface area contributed by atoms with Crippen LogP contribution in [-0.4, -0.2) is 13.1 Å². The predicted molar refractivity (Wildman–Crippen MR) is 54.6 cm³/mol. The van der Waals surface area contributed by atoms with Crippen molar-refractivity contribution in [1.82, 2.24) is 0 Å². The summed E-state index contributed by atoms with van der Waals surface area (Å²) in [5, 5.41) is 0. The smallest absolute Gasteiger partial charge is 0.317 e. The molecule has 0 aliphatic carbocycles. The Bertz CT molecular complexity index is 427. The van der Waals surface area contributed by atoms with Crippen LogP contribution in [0.4, 0.5) is 4.39 Å². The summed E-state index contributed by atoms with van der Waals surface area (Å²) in [6, 6.07) is 4.66. The second kappa shape index (κ2) is 5.16. The SMILES string of the molecule is COC(=O)CC#Cc1cc(C)ccc1F. The van der Waals surface area contributed by atoms with Crippen LogP contribution >= 0.6 is 0 Å². The van der Waals surface area contributed by atoms with E-state index in [2.05, 4.69) is 16.6 Å². The molecule has 0 atom stereocenters. The van der Waals surface area contributed by atoms with Crippen LogP contribution < -0.4 is 0 Å². The van der Waals surface area contributed by atoms with Crippen LogP contribution in [0.2, 0.25) is 0 Å². The molecule has 0 bridgehead atoms. The zero-order valence-corrected chi connectivity index (χ0v) is 8.63. The van der Waals surface area contributed by atoms with Gasteiger partial charge in [-0.25, -0.2) is 4.39 Å². The molecular formula is C12H11FO2. The molecule has 1 aromatic rings. The van der Waals surface area contributed by atoms with Gasteiger partial charge < -0.3 is 4.74 Å². The van der Waals surface area contributed by atoms with Gasteiger partial charge in [-0.2, -0.15) is 0 Å². The molecule has 78 valence electrons.